The summed E-state index contributed by atoms with van der Waals surface area (Å²) in [6, 6.07) is 35.6. The molecule has 5 aromatic carbocycles. The average Bonchev–Trinajstić information content (AvgIpc) is 3.53. The molecule has 298 valence electrons. The molecule has 3 N–H and O–H groups in total. The third-order valence-electron chi connectivity index (χ3n) is 11.5. The Bertz CT molecular complexity index is 2430. The lowest BCUT2D eigenvalue weighted by molar-refractivity contribution is -0.138. The predicted molar refractivity (Wildman–Crippen MR) is 226 cm³/mol. The van der Waals surface area contributed by atoms with Gasteiger partial charge in [0.05, 0.1) is 23.7 Å². The minimum Gasteiger partial charge on any atom is -0.465 e. The highest BCUT2D eigenvalue weighted by Gasteiger charge is 2.44. The molecule has 3 atom stereocenters. The molecular formula is C45H44ClN5O6S. The first kappa shape index (κ1) is 39.0. The van der Waals surface area contributed by atoms with Crippen molar-refractivity contribution >= 4 is 50.9 Å². The zero-order valence-corrected chi connectivity index (χ0v) is 33.5. The van der Waals surface area contributed by atoms with Crippen LogP contribution in [0, 0.1) is 0 Å². The Morgan fingerprint density at radius 1 is 0.776 bits per heavy atom. The number of rotatable bonds is 10. The lowest BCUT2D eigenvalue weighted by atomic mass is 9.81. The molecule has 3 aliphatic rings. The van der Waals surface area contributed by atoms with E-state index in [0.717, 1.165) is 45.2 Å². The number of nitrogens with zero attached hydrogens (tertiary/aromatic N) is 3. The van der Waals surface area contributed by atoms with E-state index in [9.17, 15) is 27.9 Å². The van der Waals surface area contributed by atoms with Gasteiger partial charge in [-0.3, -0.25) is 19.2 Å². The average molecular weight is 818 g/mol. The van der Waals surface area contributed by atoms with Crippen LogP contribution in [0.5, 0.6) is 0 Å². The van der Waals surface area contributed by atoms with Crippen LogP contribution in [-0.2, 0) is 32.5 Å². The van der Waals surface area contributed by atoms with Gasteiger partial charge in [0.2, 0.25) is 21.8 Å². The van der Waals surface area contributed by atoms with E-state index < -0.39 is 40.1 Å². The van der Waals surface area contributed by atoms with Crippen molar-refractivity contribution in [3.8, 4) is 11.1 Å². The lowest BCUT2D eigenvalue weighted by Gasteiger charge is -2.42. The molecule has 13 heteroatoms. The topological polar surface area (TPSA) is 139 Å². The quantitative estimate of drug-likeness (QED) is 0.139. The Balaban J connectivity index is 1.06. The van der Waals surface area contributed by atoms with Crippen LogP contribution >= 0.6 is 11.6 Å². The first-order chi connectivity index (χ1) is 27.9. The van der Waals surface area contributed by atoms with E-state index in [4.69, 9.17) is 11.6 Å². The number of sulfonamides is 1. The number of anilines is 2. The van der Waals surface area contributed by atoms with E-state index in [2.05, 4.69) is 34.3 Å². The Hall–Kier alpha value is -5.85. The number of amides is 3. The van der Waals surface area contributed by atoms with Gasteiger partial charge in [0.15, 0.2) is 0 Å². The van der Waals surface area contributed by atoms with Crippen LogP contribution in [0.15, 0.2) is 121 Å². The molecule has 1 saturated heterocycles. The number of carboxylic acid groups (broad SMARTS) is 1. The monoisotopic (exact) mass is 817 g/mol. The third kappa shape index (κ3) is 7.99. The first-order valence-corrected chi connectivity index (χ1v) is 21.6. The largest absolute Gasteiger partial charge is 0.465 e. The zero-order valence-electron chi connectivity index (χ0n) is 31.9. The van der Waals surface area contributed by atoms with Gasteiger partial charge in [-0.1, -0.05) is 109 Å². The van der Waals surface area contributed by atoms with Crippen LogP contribution in [0.25, 0.3) is 11.1 Å². The van der Waals surface area contributed by atoms with Crippen LogP contribution < -0.4 is 14.9 Å². The summed E-state index contributed by atoms with van der Waals surface area (Å²) in [6.45, 7) is 1.50. The Kier molecular flexibility index (Phi) is 10.9. The number of halogens is 1. The van der Waals surface area contributed by atoms with Crippen LogP contribution in [0.2, 0.25) is 5.02 Å². The first-order valence-electron chi connectivity index (χ1n) is 19.4. The van der Waals surface area contributed by atoms with E-state index in [0.29, 0.717) is 49.0 Å². The van der Waals surface area contributed by atoms with Crippen LogP contribution in [-0.4, -0.2) is 85.8 Å². The van der Waals surface area contributed by atoms with Gasteiger partial charge in [0.25, 0.3) is 0 Å². The SMILES string of the molecule is CS(=O)(=O)Nc1ccccc1N1CCN(C(=O)[C@@H](Cc2ccc(Cl)cc2)NC(=O)[C@H]2Cc3ccccc3C(CC3c4ccccc4-c4ccccc43)N2C(=O)O)CC1. The van der Waals surface area contributed by atoms with E-state index in [1.165, 1.54) is 4.90 Å². The summed E-state index contributed by atoms with van der Waals surface area (Å²) in [4.78, 5) is 47.6. The van der Waals surface area contributed by atoms with E-state index in [1.54, 1.807) is 29.2 Å². The molecule has 5 aromatic rings. The Morgan fingerprint density at radius 2 is 1.36 bits per heavy atom. The molecule has 1 aliphatic carbocycles. The molecule has 2 heterocycles. The molecule has 8 rings (SSSR count). The van der Waals surface area contributed by atoms with Gasteiger partial charge in [0.1, 0.15) is 12.1 Å². The highest BCUT2D eigenvalue weighted by molar-refractivity contribution is 7.92. The number of carbonyl (C=O) groups excluding carboxylic acids is 2. The molecular weight excluding hydrogens is 774 g/mol. The molecule has 0 aromatic heterocycles. The molecule has 1 fully saturated rings. The zero-order chi connectivity index (χ0) is 40.6. The van der Waals surface area contributed by atoms with E-state index in [-0.39, 0.29) is 24.7 Å². The molecule has 0 bridgehead atoms. The number of nitrogens with one attached hydrogen (secondary N) is 2. The van der Waals surface area contributed by atoms with Crippen molar-refractivity contribution in [2.45, 2.75) is 43.3 Å². The number of piperazine rings is 1. The van der Waals surface area contributed by atoms with Gasteiger partial charge >= 0.3 is 6.09 Å². The molecule has 1 unspecified atom stereocenters. The van der Waals surface area contributed by atoms with Gasteiger partial charge in [-0.2, -0.15) is 0 Å². The number of carbonyl (C=O) groups is 3. The smallest absolute Gasteiger partial charge is 0.408 e. The number of para-hydroxylation sites is 2. The molecule has 0 radical (unpaired) electrons. The second kappa shape index (κ2) is 16.2. The van der Waals surface area contributed by atoms with Crippen molar-refractivity contribution in [1.82, 2.24) is 15.1 Å². The van der Waals surface area contributed by atoms with Crippen LogP contribution in [0.1, 0.15) is 46.2 Å². The fourth-order valence-electron chi connectivity index (χ4n) is 8.93. The summed E-state index contributed by atoms with van der Waals surface area (Å²) in [5, 5.41) is 14.5. The second-order valence-corrected chi connectivity index (χ2v) is 17.4. The highest BCUT2D eigenvalue weighted by Crippen LogP contribution is 2.50. The molecule has 3 amide bonds. The number of hydrogen-bond donors (Lipinski definition) is 3. The highest BCUT2D eigenvalue weighted by atomic mass is 35.5. The second-order valence-electron chi connectivity index (χ2n) is 15.2. The van der Waals surface area contributed by atoms with Gasteiger partial charge in [-0.15, -0.1) is 0 Å². The molecule has 11 nitrogen and oxygen atoms in total. The summed E-state index contributed by atoms with van der Waals surface area (Å²) in [7, 11) is -3.52. The fraction of sp³-hybridized carbons (Fsp3) is 0.267. The maximum atomic E-state index is 14.7. The maximum absolute atomic E-state index is 14.7. The van der Waals surface area contributed by atoms with Crippen molar-refractivity contribution in [1.29, 1.82) is 0 Å². The van der Waals surface area contributed by atoms with Gasteiger partial charge in [-0.05, 0) is 69.6 Å². The van der Waals surface area contributed by atoms with Crippen LogP contribution in [0.4, 0.5) is 16.2 Å². The molecule has 0 saturated carbocycles. The minimum atomic E-state index is -3.52. The fourth-order valence-corrected chi connectivity index (χ4v) is 9.63. The number of hydrogen-bond acceptors (Lipinski definition) is 6. The Labute approximate surface area is 343 Å². The third-order valence-corrected chi connectivity index (χ3v) is 12.4. The lowest BCUT2D eigenvalue weighted by Crippen LogP contribution is -2.60. The summed E-state index contributed by atoms with van der Waals surface area (Å²) >= 11 is 6.20. The van der Waals surface area contributed by atoms with Crippen molar-refractivity contribution < 1.29 is 27.9 Å². The van der Waals surface area contributed by atoms with Crippen molar-refractivity contribution in [3.05, 3.63) is 154 Å². The summed E-state index contributed by atoms with van der Waals surface area (Å²) < 4.78 is 26.7. The minimum absolute atomic E-state index is 0.0962. The summed E-state index contributed by atoms with van der Waals surface area (Å²) in [5.74, 6) is -0.929. The van der Waals surface area contributed by atoms with E-state index in [1.807, 2.05) is 77.7 Å². The summed E-state index contributed by atoms with van der Waals surface area (Å²) in [6.07, 6.45) is 0.650. The molecule has 2 aliphatic heterocycles. The molecule has 58 heavy (non-hydrogen) atoms. The predicted octanol–water partition coefficient (Wildman–Crippen LogP) is 6.94. The Morgan fingerprint density at radius 3 is 2.00 bits per heavy atom. The summed E-state index contributed by atoms with van der Waals surface area (Å²) in [5.41, 5.74) is 8.21. The van der Waals surface area contributed by atoms with Crippen molar-refractivity contribution in [2.75, 3.05) is 42.1 Å². The molecule has 0 spiro atoms. The van der Waals surface area contributed by atoms with Gasteiger partial charge in [0, 0.05) is 50.0 Å². The standard InChI is InChI=1S/C45H44ClN5O6S/c1-58(56,57)48-38-16-8-9-17-40(38)49-22-24-50(25-23-49)44(53)39(26-29-18-20-31(46)21-19-29)47-43(52)42-27-30-10-2-3-11-32(30)41(51(42)45(54)55)28-37-35-14-6-4-12-33(35)34-13-5-7-15-36(34)37/h2-21,37,39,41-42,48H,22-28H2,1H3,(H,47,52)(H,54,55)/t39-,41?,42-/m1/s1. The normalized spacial score (nSPS) is 18.1. The van der Waals surface area contributed by atoms with Crippen LogP contribution in [0.3, 0.4) is 0 Å². The van der Waals surface area contributed by atoms with Crippen molar-refractivity contribution in [2.24, 2.45) is 0 Å². The number of benzene rings is 5. The maximum Gasteiger partial charge on any atom is 0.408 e. The van der Waals surface area contributed by atoms with Crippen molar-refractivity contribution in [3.63, 3.8) is 0 Å². The van der Waals surface area contributed by atoms with E-state index >= 15 is 0 Å². The van der Waals surface area contributed by atoms with Gasteiger partial charge < -0.3 is 20.2 Å². The number of fused-ring (bicyclic) bond motifs is 4. The van der Waals surface area contributed by atoms with Gasteiger partial charge in [-0.25, -0.2) is 13.2 Å².